The summed E-state index contributed by atoms with van der Waals surface area (Å²) in [4.78, 5) is 23.3. The van der Waals surface area contributed by atoms with Crippen molar-refractivity contribution in [2.75, 3.05) is 26.4 Å². The standard InChI is InChI=1S/C55H58FN3O7/c1-3-30-64-55-51(59(54(62)39-24-22-37(34-57)23-25-39)35-41-18-13-17-38-14-5-7-19-44(38)41)33-49(58-65-4-2)46-31-40(15-9-11-28-60)45(20-10-12-29-61)52(53(46)55)47-32-43(26-27-50(47)66-55)63-36-42-16-6-8-21-48(42)56/h3,5-8,13-14,16-19,21-27,31-32,40,45,51-53,60-61H,1,4,9-12,15,20,28-30,33,35-36H2,2H3. The van der Waals surface area contributed by atoms with E-state index in [9.17, 15) is 19.9 Å². The summed E-state index contributed by atoms with van der Waals surface area (Å²) in [5, 5.41) is 36.6. The molecule has 0 saturated heterocycles. The monoisotopic (exact) mass is 891 g/mol. The fourth-order valence-electron chi connectivity index (χ4n) is 10.4. The van der Waals surface area contributed by atoms with Gasteiger partial charge in [-0.3, -0.25) is 4.79 Å². The van der Waals surface area contributed by atoms with Crippen molar-refractivity contribution in [1.82, 2.24) is 4.90 Å². The van der Waals surface area contributed by atoms with Crippen LogP contribution in [-0.4, -0.2) is 65.0 Å². The van der Waals surface area contributed by atoms with E-state index in [-0.39, 0.29) is 68.9 Å². The molecular formula is C55H58FN3O7. The number of unbranched alkanes of at least 4 members (excludes halogenated alkanes) is 2. The van der Waals surface area contributed by atoms with Crippen molar-refractivity contribution in [3.63, 3.8) is 0 Å². The van der Waals surface area contributed by atoms with E-state index in [1.54, 1.807) is 48.5 Å². The topological polar surface area (TPSA) is 134 Å². The number of rotatable bonds is 20. The van der Waals surface area contributed by atoms with E-state index < -0.39 is 17.7 Å². The summed E-state index contributed by atoms with van der Waals surface area (Å²) in [7, 11) is 0. The molecule has 2 N–H and O–H groups in total. The third-order valence-electron chi connectivity index (χ3n) is 13.4. The van der Waals surface area contributed by atoms with Gasteiger partial charge in [0.05, 0.1) is 29.9 Å². The molecule has 8 rings (SSSR count). The Labute approximate surface area is 386 Å². The molecule has 5 aromatic carbocycles. The Hall–Kier alpha value is -6.32. The summed E-state index contributed by atoms with van der Waals surface area (Å²) >= 11 is 0. The highest BCUT2D eigenvalue weighted by Crippen LogP contribution is 2.62. The lowest BCUT2D eigenvalue weighted by molar-refractivity contribution is -0.255. The molecular weight excluding hydrogens is 834 g/mol. The van der Waals surface area contributed by atoms with E-state index in [0.29, 0.717) is 53.3 Å². The number of fused-ring (bicyclic) bond motifs is 3. The van der Waals surface area contributed by atoms with Gasteiger partial charge in [-0.1, -0.05) is 90.8 Å². The van der Waals surface area contributed by atoms with E-state index in [1.165, 1.54) is 6.07 Å². The SMILES string of the molecule is C=CCOC12Oc3ccc(OCc4ccccc4F)cc3C3C(CCCCO)C(CCCCO)C=C(C(=NOCC)CC1N(Cc1cccc4ccccc14)C(=O)c1ccc(C#N)cc1)C32. The van der Waals surface area contributed by atoms with Gasteiger partial charge in [-0.2, -0.15) is 5.26 Å². The molecule has 10 nitrogen and oxygen atoms in total. The number of benzene rings is 5. The lowest BCUT2D eigenvalue weighted by atomic mass is 9.55. The second-order valence-corrected chi connectivity index (χ2v) is 17.3. The van der Waals surface area contributed by atoms with Crippen molar-refractivity contribution in [2.45, 2.75) is 82.8 Å². The molecule has 0 aromatic heterocycles. The normalized spacial score (nSPS) is 22.3. The summed E-state index contributed by atoms with van der Waals surface area (Å²) in [6, 6.07) is 34.6. The van der Waals surface area contributed by atoms with Crippen molar-refractivity contribution in [3.05, 3.63) is 167 Å². The molecule has 0 spiro atoms. The smallest absolute Gasteiger partial charge is 0.254 e. The number of carbonyl (C=O) groups excluding carboxylic acids is 1. The third kappa shape index (κ3) is 9.50. The second-order valence-electron chi connectivity index (χ2n) is 17.3. The van der Waals surface area contributed by atoms with Gasteiger partial charge in [0.2, 0.25) is 5.79 Å². The Morgan fingerprint density at radius 2 is 1.70 bits per heavy atom. The summed E-state index contributed by atoms with van der Waals surface area (Å²) in [6.07, 6.45) is 8.62. The van der Waals surface area contributed by atoms with Crippen LogP contribution in [0.15, 0.2) is 139 Å². The highest BCUT2D eigenvalue weighted by molar-refractivity contribution is 6.03. The number of ether oxygens (including phenoxy) is 3. The second kappa shape index (κ2) is 21.3. The first kappa shape index (κ1) is 46.2. The fraction of sp³-hybridized carbons (Fsp3) is 0.364. The van der Waals surface area contributed by atoms with E-state index in [2.05, 4.69) is 36.9 Å². The molecule has 0 bridgehead atoms. The summed E-state index contributed by atoms with van der Waals surface area (Å²) in [5.41, 5.74) is 4.69. The fourth-order valence-corrected chi connectivity index (χ4v) is 10.4. The van der Waals surface area contributed by atoms with Crippen LogP contribution in [0.1, 0.15) is 90.4 Å². The minimum absolute atomic E-state index is 0.00648. The van der Waals surface area contributed by atoms with E-state index in [4.69, 9.17) is 24.2 Å². The molecule has 5 aromatic rings. The van der Waals surface area contributed by atoms with Crippen molar-refractivity contribution < 1.29 is 38.4 Å². The lowest BCUT2D eigenvalue weighted by Crippen LogP contribution is -2.70. The minimum atomic E-state index is -1.50. The molecule has 2 aliphatic carbocycles. The maximum Gasteiger partial charge on any atom is 0.254 e. The van der Waals surface area contributed by atoms with Crippen molar-refractivity contribution in [2.24, 2.45) is 22.9 Å². The number of aliphatic hydroxyl groups excluding tert-OH is 2. The highest BCUT2D eigenvalue weighted by Gasteiger charge is 2.65. The van der Waals surface area contributed by atoms with Crippen LogP contribution in [0.3, 0.4) is 0 Å². The zero-order chi connectivity index (χ0) is 46.0. The average Bonchev–Trinajstić information content (AvgIpc) is 3.35. The zero-order valence-corrected chi connectivity index (χ0v) is 37.5. The van der Waals surface area contributed by atoms with Crippen molar-refractivity contribution in [1.29, 1.82) is 5.26 Å². The number of hydrogen-bond acceptors (Lipinski definition) is 9. The van der Waals surface area contributed by atoms with Gasteiger partial charge < -0.3 is 34.2 Å². The van der Waals surface area contributed by atoms with Crippen molar-refractivity contribution in [3.8, 4) is 17.6 Å². The quantitative estimate of drug-likeness (QED) is 0.0448. The first-order chi connectivity index (χ1) is 32.3. The van der Waals surface area contributed by atoms with Crippen LogP contribution in [0.4, 0.5) is 4.39 Å². The van der Waals surface area contributed by atoms with Crippen LogP contribution in [0.2, 0.25) is 0 Å². The number of nitrogens with zero attached hydrogens (tertiary/aromatic N) is 3. The number of amides is 1. The predicted octanol–water partition coefficient (Wildman–Crippen LogP) is 10.4. The largest absolute Gasteiger partial charge is 0.489 e. The Morgan fingerprint density at radius 1 is 0.955 bits per heavy atom. The molecule has 1 heterocycles. The van der Waals surface area contributed by atoms with Gasteiger partial charge in [0.1, 0.15) is 36.6 Å². The molecule has 6 atom stereocenters. The summed E-state index contributed by atoms with van der Waals surface area (Å²) in [6.45, 7) is 6.74. The Bertz CT molecular complexity index is 2600. The number of hydrogen-bond donors (Lipinski definition) is 2. The number of aliphatic hydroxyl groups is 2. The summed E-state index contributed by atoms with van der Waals surface area (Å²) < 4.78 is 35.9. The van der Waals surface area contributed by atoms with Crippen LogP contribution in [0, 0.1) is 34.9 Å². The number of halogens is 1. The molecule has 342 valence electrons. The van der Waals surface area contributed by atoms with Crippen molar-refractivity contribution >= 4 is 22.4 Å². The molecule has 6 unspecified atom stereocenters. The first-order valence-corrected chi connectivity index (χ1v) is 23.2. The Kier molecular flexibility index (Phi) is 14.9. The van der Waals surface area contributed by atoms with Crippen LogP contribution in [0.5, 0.6) is 11.5 Å². The van der Waals surface area contributed by atoms with Gasteiger partial charge in [-0.05, 0) is 115 Å². The molecule has 11 heteroatoms. The number of allylic oxidation sites excluding steroid dienone is 1. The number of oxime groups is 1. The average molecular weight is 892 g/mol. The Morgan fingerprint density at radius 3 is 2.45 bits per heavy atom. The molecule has 1 amide bonds. The molecule has 1 saturated carbocycles. The van der Waals surface area contributed by atoms with Gasteiger partial charge in [0.25, 0.3) is 5.91 Å². The minimum Gasteiger partial charge on any atom is -0.489 e. The lowest BCUT2D eigenvalue weighted by Gasteiger charge is -2.60. The van der Waals surface area contributed by atoms with Crippen LogP contribution < -0.4 is 9.47 Å². The molecule has 3 aliphatic rings. The van der Waals surface area contributed by atoms with Crippen LogP contribution >= 0.6 is 0 Å². The Balaban J connectivity index is 1.36. The highest BCUT2D eigenvalue weighted by atomic mass is 19.1. The molecule has 66 heavy (non-hydrogen) atoms. The van der Waals surface area contributed by atoms with E-state index >= 15 is 4.79 Å². The van der Waals surface area contributed by atoms with Crippen LogP contribution in [0.25, 0.3) is 10.8 Å². The first-order valence-electron chi connectivity index (χ1n) is 23.2. The zero-order valence-electron chi connectivity index (χ0n) is 37.5. The van der Waals surface area contributed by atoms with Crippen LogP contribution in [-0.2, 0) is 22.7 Å². The molecule has 1 aliphatic heterocycles. The number of nitriles is 1. The van der Waals surface area contributed by atoms with Gasteiger partial charge in [0, 0.05) is 48.8 Å². The maximum absolute atomic E-state index is 15.5. The predicted molar refractivity (Wildman–Crippen MR) is 252 cm³/mol. The van der Waals surface area contributed by atoms with Gasteiger partial charge >= 0.3 is 0 Å². The number of carbonyl (C=O) groups is 1. The van der Waals surface area contributed by atoms with E-state index in [0.717, 1.165) is 53.2 Å². The van der Waals surface area contributed by atoms with Gasteiger partial charge in [-0.25, -0.2) is 4.39 Å². The molecule has 0 radical (unpaired) electrons. The summed E-state index contributed by atoms with van der Waals surface area (Å²) in [5.74, 6) is -1.80. The maximum atomic E-state index is 15.5. The van der Waals surface area contributed by atoms with Gasteiger partial charge in [-0.15, -0.1) is 6.58 Å². The van der Waals surface area contributed by atoms with E-state index in [1.807, 2.05) is 54.3 Å². The molecule has 1 fully saturated rings. The third-order valence-corrected chi connectivity index (χ3v) is 13.4. The van der Waals surface area contributed by atoms with Gasteiger partial charge in [0.15, 0.2) is 0 Å².